The Labute approximate surface area is 348 Å². The van der Waals surface area contributed by atoms with E-state index in [4.69, 9.17) is 33.4 Å². The zero-order valence-electron chi connectivity index (χ0n) is 35.5. The molecule has 336 valence electrons. The van der Waals surface area contributed by atoms with Crippen molar-refractivity contribution in [3.63, 3.8) is 0 Å². The number of fused-ring (bicyclic) bond motifs is 2. The Bertz CT molecular complexity index is 1210. The number of phosphoric ester groups is 1. The van der Waals surface area contributed by atoms with E-state index in [2.05, 4.69) is 38.2 Å². The number of carbonyl (C=O) groups is 2. The lowest BCUT2D eigenvalue weighted by Gasteiger charge is -2.27. The molecule has 0 aromatic rings. The van der Waals surface area contributed by atoms with Gasteiger partial charge in [0.15, 0.2) is 6.10 Å². The first-order valence-corrected chi connectivity index (χ1v) is 23.8. The van der Waals surface area contributed by atoms with Crippen LogP contribution in [0.15, 0.2) is 36.5 Å². The highest BCUT2D eigenvalue weighted by Gasteiger charge is 2.49. The fourth-order valence-corrected chi connectivity index (χ4v) is 7.90. The highest BCUT2D eigenvalue weighted by molar-refractivity contribution is 7.47. The molecule has 1 aliphatic heterocycles. The molecule has 0 spiro atoms. The van der Waals surface area contributed by atoms with Crippen LogP contribution in [-0.2, 0) is 42.5 Å². The van der Waals surface area contributed by atoms with Gasteiger partial charge in [0.25, 0.3) is 0 Å². The van der Waals surface area contributed by atoms with Gasteiger partial charge in [-0.25, -0.2) is 14.3 Å². The Morgan fingerprint density at radius 3 is 2.02 bits per heavy atom. The molecule has 13 nitrogen and oxygen atoms in total. The predicted octanol–water partition coefficient (Wildman–Crippen LogP) is 8.91. The maximum Gasteiger partial charge on any atom is 0.472 e. The zero-order valence-corrected chi connectivity index (χ0v) is 36.4. The second kappa shape index (κ2) is 32.8. The number of aliphatic hydroxyl groups excluding tert-OH is 3. The van der Waals surface area contributed by atoms with Gasteiger partial charge in [0.2, 0.25) is 0 Å². The molecule has 2 bridgehead atoms. The molecule has 0 amide bonds. The van der Waals surface area contributed by atoms with Gasteiger partial charge < -0.3 is 29.7 Å². The molecule has 8 atom stereocenters. The van der Waals surface area contributed by atoms with Gasteiger partial charge in [0.1, 0.15) is 18.8 Å². The number of carbonyl (C=O) groups excluding carboxylic acids is 2. The van der Waals surface area contributed by atoms with Crippen LogP contribution in [0, 0.1) is 11.8 Å². The fourth-order valence-electron chi connectivity index (χ4n) is 7.12. The molecule has 2 aliphatic rings. The van der Waals surface area contributed by atoms with Gasteiger partial charge in [-0.2, -0.15) is 0 Å². The average Bonchev–Trinajstić information content (AvgIpc) is 3.82. The van der Waals surface area contributed by atoms with Crippen LogP contribution in [0.25, 0.3) is 0 Å². The minimum Gasteiger partial charge on any atom is -0.462 e. The summed E-state index contributed by atoms with van der Waals surface area (Å²) in [6, 6.07) is 0. The van der Waals surface area contributed by atoms with E-state index in [-0.39, 0.29) is 43.5 Å². The number of hydrogen-bond acceptors (Lipinski definition) is 12. The van der Waals surface area contributed by atoms with E-state index in [9.17, 15) is 29.3 Å². The van der Waals surface area contributed by atoms with E-state index in [0.29, 0.717) is 19.3 Å². The van der Waals surface area contributed by atoms with Gasteiger partial charge in [-0.3, -0.25) is 18.6 Å². The quantitative estimate of drug-likeness (QED) is 0.0153. The first-order chi connectivity index (χ1) is 28.1. The molecule has 8 unspecified atom stereocenters. The standard InChI is InChI=1S/C44H77O13P/c1-3-5-7-8-9-10-11-12-13-14-15-16-17-18-23-27-43(48)52-34-38(35-54-58(50,51)53-33-37(47)32-45)55-44(49)28-24-20-19-22-26-39-40(42-31-41(39)56-57-42)30-29-36(46)25-21-6-4-2/h12-13,19,22,29-30,36-42,45-47H,3-11,14-18,20-21,23-28,31-35H2,1-2H3,(H,50,51)/b13-12-,22-19-,30-29+. The van der Waals surface area contributed by atoms with Crippen molar-refractivity contribution in [1.82, 2.24) is 0 Å². The molecular weight excluding hydrogens is 767 g/mol. The third kappa shape index (κ3) is 25.0. The highest BCUT2D eigenvalue weighted by Crippen LogP contribution is 2.45. The van der Waals surface area contributed by atoms with E-state index in [1.165, 1.54) is 38.5 Å². The SMILES string of the molecule is CCCCCCCC/C=C\CCCCCCCC(=O)OCC(COP(=O)(O)OCC(O)CO)OC(=O)CCC/C=C\CC1C2CC(OO2)C1/C=C/C(O)CCCCC. The van der Waals surface area contributed by atoms with Crippen molar-refractivity contribution in [2.45, 2.75) is 192 Å². The Morgan fingerprint density at radius 2 is 1.31 bits per heavy atom. The summed E-state index contributed by atoms with van der Waals surface area (Å²) < 4.78 is 32.8. The Hall–Kier alpha value is -1.93. The number of unbranched alkanes of at least 4 members (excludes halogenated alkanes) is 14. The molecule has 0 radical (unpaired) electrons. The number of aliphatic hydroxyl groups is 3. The first kappa shape index (κ1) is 52.2. The second-order valence-electron chi connectivity index (χ2n) is 15.8. The minimum absolute atomic E-state index is 0.00561. The lowest BCUT2D eigenvalue weighted by Crippen LogP contribution is -2.29. The van der Waals surface area contributed by atoms with Crippen LogP contribution >= 0.6 is 7.82 Å². The molecular formula is C44H77O13P. The van der Waals surface area contributed by atoms with Crippen molar-refractivity contribution >= 4 is 19.8 Å². The topological polar surface area (TPSA) is 188 Å². The summed E-state index contributed by atoms with van der Waals surface area (Å²) >= 11 is 0. The Balaban J connectivity index is 1.71. The van der Waals surface area contributed by atoms with Crippen LogP contribution in [0.5, 0.6) is 0 Å². The summed E-state index contributed by atoms with van der Waals surface area (Å²) in [5, 5.41) is 28.7. The second-order valence-corrected chi connectivity index (χ2v) is 17.3. The Kier molecular flexibility index (Phi) is 29.5. The van der Waals surface area contributed by atoms with E-state index in [0.717, 1.165) is 77.0 Å². The molecule has 4 N–H and O–H groups in total. The third-order valence-corrected chi connectivity index (χ3v) is 11.5. The van der Waals surface area contributed by atoms with Crippen LogP contribution < -0.4 is 0 Å². The number of ether oxygens (including phenoxy) is 2. The summed E-state index contributed by atoms with van der Waals surface area (Å²) in [6.45, 7) is 2.11. The molecule has 2 rings (SSSR count). The summed E-state index contributed by atoms with van der Waals surface area (Å²) in [4.78, 5) is 46.2. The monoisotopic (exact) mass is 845 g/mol. The lowest BCUT2D eigenvalue weighted by molar-refractivity contribution is -0.336. The smallest absolute Gasteiger partial charge is 0.462 e. The summed E-state index contributed by atoms with van der Waals surface area (Å²) in [5.74, 6) is -0.654. The van der Waals surface area contributed by atoms with Crippen molar-refractivity contribution in [1.29, 1.82) is 0 Å². The van der Waals surface area contributed by atoms with Crippen LogP contribution in [0.2, 0.25) is 0 Å². The van der Waals surface area contributed by atoms with Crippen molar-refractivity contribution < 1.29 is 62.7 Å². The number of hydrogen-bond donors (Lipinski definition) is 4. The van der Waals surface area contributed by atoms with Crippen LogP contribution in [0.3, 0.4) is 0 Å². The summed E-state index contributed by atoms with van der Waals surface area (Å²) in [5.41, 5.74) is 0. The third-order valence-electron chi connectivity index (χ3n) is 10.6. The van der Waals surface area contributed by atoms with Crippen molar-refractivity contribution in [3.05, 3.63) is 36.5 Å². The first-order valence-electron chi connectivity index (χ1n) is 22.3. The van der Waals surface area contributed by atoms with Gasteiger partial charge in [-0.15, -0.1) is 0 Å². The van der Waals surface area contributed by atoms with Crippen molar-refractivity contribution in [2.24, 2.45) is 11.8 Å². The molecule has 1 saturated heterocycles. The molecule has 0 aromatic carbocycles. The molecule has 1 aliphatic carbocycles. The average molecular weight is 845 g/mol. The maximum absolute atomic E-state index is 12.8. The maximum atomic E-state index is 12.8. The van der Waals surface area contributed by atoms with Gasteiger partial charge in [-0.05, 0) is 57.8 Å². The number of phosphoric acid groups is 1. The number of allylic oxidation sites excluding steroid dienone is 4. The number of esters is 2. The molecule has 2 fully saturated rings. The lowest BCUT2D eigenvalue weighted by atomic mass is 9.89. The van der Waals surface area contributed by atoms with Crippen LogP contribution in [0.1, 0.15) is 162 Å². The molecule has 58 heavy (non-hydrogen) atoms. The summed E-state index contributed by atoms with van der Waals surface area (Å²) in [6.07, 6.45) is 31.4. The van der Waals surface area contributed by atoms with E-state index < -0.39 is 57.9 Å². The largest absolute Gasteiger partial charge is 0.472 e. The molecule has 1 saturated carbocycles. The highest BCUT2D eigenvalue weighted by atomic mass is 31.2. The van der Waals surface area contributed by atoms with E-state index >= 15 is 0 Å². The minimum atomic E-state index is -4.67. The fraction of sp³-hybridized carbons (Fsp3) is 0.818. The van der Waals surface area contributed by atoms with E-state index in [1.54, 1.807) is 0 Å². The predicted molar refractivity (Wildman–Crippen MR) is 223 cm³/mol. The molecule has 14 heteroatoms. The van der Waals surface area contributed by atoms with Gasteiger partial charge in [-0.1, -0.05) is 121 Å². The van der Waals surface area contributed by atoms with Crippen molar-refractivity contribution in [2.75, 3.05) is 26.4 Å². The van der Waals surface area contributed by atoms with Gasteiger partial charge in [0.05, 0.1) is 32.0 Å². The van der Waals surface area contributed by atoms with Gasteiger partial charge in [0, 0.05) is 31.1 Å². The normalized spacial score (nSPS) is 21.9. The Morgan fingerprint density at radius 1 is 0.724 bits per heavy atom. The zero-order chi connectivity index (χ0) is 42.3. The van der Waals surface area contributed by atoms with Crippen LogP contribution in [-0.4, -0.2) is 89.1 Å². The van der Waals surface area contributed by atoms with E-state index in [1.807, 2.05) is 12.2 Å². The van der Waals surface area contributed by atoms with Gasteiger partial charge >= 0.3 is 19.8 Å². The van der Waals surface area contributed by atoms with Crippen LogP contribution in [0.4, 0.5) is 0 Å². The number of rotatable bonds is 37. The summed E-state index contributed by atoms with van der Waals surface area (Å²) in [7, 11) is -4.67. The molecule has 1 heterocycles. The van der Waals surface area contributed by atoms with Crippen molar-refractivity contribution in [3.8, 4) is 0 Å². The molecule has 0 aromatic heterocycles.